The maximum Gasteiger partial charge on any atom is 0.412 e. The molecule has 0 spiro atoms. The van der Waals surface area contributed by atoms with Gasteiger partial charge in [0, 0.05) is 11.1 Å². The van der Waals surface area contributed by atoms with E-state index in [9.17, 15) is 9.18 Å². The molecule has 1 amide bonds. The minimum atomic E-state index is -0.737. The van der Waals surface area contributed by atoms with Crippen molar-refractivity contribution >= 4 is 11.8 Å². The third-order valence-electron chi connectivity index (χ3n) is 3.44. The largest absolute Gasteiger partial charge is 0.438 e. The maximum atomic E-state index is 13.9. The van der Waals surface area contributed by atoms with E-state index in [4.69, 9.17) is 4.74 Å². The van der Waals surface area contributed by atoms with Gasteiger partial charge in [0.25, 0.3) is 0 Å². The zero-order chi connectivity index (χ0) is 14.3. The molecule has 0 aromatic heterocycles. The number of amides is 1. The fraction of sp³-hybridized carbons (Fsp3) is 0.188. The van der Waals surface area contributed by atoms with Crippen LogP contribution in [-0.4, -0.2) is 6.09 Å². The summed E-state index contributed by atoms with van der Waals surface area (Å²) in [7, 11) is 0. The van der Waals surface area contributed by atoms with Crippen molar-refractivity contribution in [3.05, 3.63) is 53.8 Å². The molecule has 1 N–H and O–H groups in total. The molecule has 0 bridgehead atoms. The summed E-state index contributed by atoms with van der Waals surface area (Å²) in [5.74, 6) is -0.272. The first-order valence-corrected chi connectivity index (χ1v) is 6.37. The molecule has 1 aliphatic heterocycles. The van der Waals surface area contributed by atoms with Crippen LogP contribution < -0.4 is 5.32 Å². The van der Waals surface area contributed by atoms with Crippen LogP contribution in [0, 0.1) is 5.82 Å². The van der Waals surface area contributed by atoms with E-state index >= 15 is 0 Å². The highest BCUT2D eigenvalue weighted by Crippen LogP contribution is 2.38. The molecule has 1 aliphatic rings. The molecule has 20 heavy (non-hydrogen) atoms. The summed E-state index contributed by atoms with van der Waals surface area (Å²) in [5.41, 5.74) is 2.08. The number of rotatable bonds is 1. The second-order valence-electron chi connectivity index (χ2n) is 5.27. The maximum absolute atomic E-state index is 13.9. The third kappa shape index (κ3) is 2.03. The Balaban J connectivity index is 2.15. The average molecular weight is 271 g/mol. The fourth-order valence-corrected chi connectivity index (χ4v) is 2.44. The topological polar surface area (TPSA) is 38.3 Å². The highest BCUT2D eigenvalue weighted by Gasteiger charge is 2.33. The summed E-state index contributed by atoms with van der Waals surface area (Å²) >= 11 is 0. The quantitative estimate of drug-likeness (QED) is 0.840. The molecule has 3 rings (SSSR count). The Hall–Kier alpha value is -2.36. The first-order valence-electron chi connectivity index (χ1n) is 6.37. The van der Waals surface area contributed by atoms with Crippen molar-refractivity contribution in [1.82, 2.24) is 0 Å². The van der Waals surface area contributed by atoms with Gasteiger partial charge >= 0.3 is 6.09 Å². The van der Waals surface area contributed by atoms with E-state index in [-0.39, 0.29) is 5.82 Å². The van der Waals surface area contributed by atoms with Gasteiger partial charge in [-0.3, -0.25) is 5.32 Å². The highest BCUT2D eigenvalue weighted by atomic mass is 19.1. The Labute approximate surface area is 116 Å². The van der Waals surface area contributed by atoms with E-state index in [0.717, 1.165) is 11.1 Å². The van der Waals surface area contributed by atoms with Gasteiger partial charge in [-0.25, -0.2) is 9.18 Å². The molecule has 0 unspecified atom stereocenters. The number of hydrogen-bond donors (Lipinski definition) is 1. The third-order valence-corrected chi connectivity index (χ3v) is 3.44. The van der Waals surface area contributed by atoms with Crippen LogP contribution in [0.15, 0.2) is 42.5 Å². The summed E-state index contributed by atoms with van der Waals surface area (Å²) in [6, 6.07) is 12.0. The molecular formula is C16H14FNO2. The van der Waals surface area contributed by atoms with Crippen LogP contribution >= 0.6 is 0 Å². The van der Waals surface area contributed by atoms with Gasteiger partial charge in [0.15, 0.2) is 0 Å². The van der Waals surface area contributed by atoms with Gasteiger partial charge < -0.3 is 4.74 Å². The highest BCUT2D eigenvalue weighted by molar-refractivity contribution is 5.89. The molecule has 0 saturated carbocycles. The lowest BCUT2D eigenvalue weighted by atomic mass is 9.91. The van der Waals surface area contributed by atoms with Gasteiger partial charge in [0.2, 0.25) is 0 Å². The Bertz CT molecular complexity index is 695. The molecule has 1 heterocycles. The molecule has 0 saturated heterocycles. The van der Waals surface area contributed by atoms with Crippen molar-refractivity contribution in [1.29, 1.82) is 0 Å². The van der Waals surface area contributed by atoms with Crippen LogP contribution in [-0.2, 0) is 10.3 Å². The minimum Gasteiger partial charge on any atom is -0.438 e. The lowest BCUT2D eigenvalue weighted by Gasteiger charge is -2.32. The van der Waals surface area contributed by atoms with Crippen molar-refractivity contribution in [3.63, 3.8) is 0 Å². The summed E-state index contributed by atoms with van der Waals surface area (Å²) in [6.45, 7) is 3.63. The molecular weight excluding hydrogens is 257 g/mol. The van der Waals surface area contributed by atoms with Gasteiger partial charge in [-0.1, -0.05) is 24.3 Å². The standard InChI is InChI=1S/C16H14FNO2/c1-16(2)12-9-10(11-5-3-4-6-13(11)17)7-8-14(12)18-15(19)20-16/h3-9H,1-2H3,(H,18,19). The second-order valence-corrected chi connectivity index (χ2v) is 5.27. The zero-order valence-electron chi connectivity index (χ0n) is 11.2. The molecule has 0 fully saturated rings. The Morgan fingerprint density at radius 1 is 1.15 bits per heavy atom. The molecule has 102 valence electrons. The number of carbonyl (C=O) groups is 1. The summed E-state index contributed by atoms with van der Waals surface area (Å²) in [5, 5.41) is 2.65. The zero-order valence-corrected chi connectivity index (χ0v) is 11.2. The number of benzene rings is 2. The van der Waals surface area contributed by atoms with Crippen molar-refractivity contribution in [2.45, 2.75) is 19.4 Å². The Morgan fingerprint density at radius 2 is 1.90 bits per heavy atom. The number of carbonyl (C=O) groups excluding carboxylic acids is 1. The van der Waals surface area contributed by atoms with E-state index in [2.05, 4.69) is 5.32 Å². The van der Waals surface area contributed by atoms with Gasteiger partial charge in [0.05, 0.1) is 5.69 Å². The van der Waals surface area contributed by atoms with E-state index in [0.29, 0.717) is 11.3 Å². The summed E-state index contributed by atoms with van der Waals surface area (Å²) in [6.07, 6.45) is -0.471. The van der Waals surface area contributed by atoms with Crippen molar-refractivity contribution < 1.29 is 13.9 Å². The van der Waals surface area contributed by atoms with Crippen LogP contribution in [0.2, 0.25) is 0 Å². The molecule has 2 aromatic carbocycles. The van der Waals surface area contributed by atoms with Crippen LogP contribution in [0.5, 0.6) is 0 Å². The lowest BCUT2D eigenvalue weighted by molar-refractivity contribution is 0.0421. The van der Waals surface area contributed by atoms with Gasteiger partial charge in [-0.05, 0) is 37.6 Å². The number of cyclic esters (lactones) is 1. The van der Waals surface area contributed by atoms with Crippen LogP contribution in [0.25, 0.3) is 11.1 Å². The molecule has 4 heteroatoms. The Kier molecular flexibility index (Phi) is 2.74. The number of halogens is 1. The van der Waals surface area contributed by atoms with E-state index in [1.54, 1.807) is 30.3 Å². The predicted octanol–water partition coefficient (Wildman–Crippen LogP) is 4.29. The lowest BCUT2D eigenvalue weighted by Crippen LogP contribution is -2.34. The second kappa shape index (κ2) is 4.34. The first kappa shape index (κ1) is 12.7. The van der Waals surface area contributed by atoms with Gasteiger partial charge in [0.1, 0.15) is 11.4 Å². The molecule has 0 aliphatic carbocycles. The van der Waals surface area contributed by atoms with Crippen LogP contribution in [0.3, 0.4) is 0 Å². The number of hydrogen-bond acceptors (Lipinski definition) is 2. The Morgan fingerprint density at radius 3 is 2.65 bits per heavy atom. The molecule has 2 aromatic rings. The number of anilines is 1. The van der Waals surface area contributed by atoms with Crippen LogP contribution in [0.4, 0.5) is 14.9 Å². The molecule has 0 radical (unpaired) electrons. The predicted molar refractivity (Wildman–Crippen MR) is 75.0 cm³/mol. The van der Waals surface area contributed by atoms with Gasteiger partial charge in [-0.2, -0.15) is 0 Å². The molecule has 3 nitrogen and oxygen atoms in total. The van der Waals surface area contributed by atoms with E-state index in [1.165, 1.54) is 6.07 Å². The van der Waals surface area contributed by atoms with Crippen molar-refractivity contribution in [2.24, 2.45) is 0 Å². The van der Waals surface area contributed by atoms with Gasteiger partial charge in [-0.15, -0.1) is 0 Å². The first-order chi connectivity index (χ1) is 9.47. The normalized spacial score (nSPS) is 16.1. The summed E-state index contributed by atoms with van der Waals surface area (Å²) in [4.78, 5) is 11.5. The minimum absolute atomic E-state index is 0.272. The van der Waals surface area contributed by atoms with E-state index in [1.807, 2.05) is 19.9 Å². The van der Waals surface area contributed by atoms with Crippen LogP contribution in [0.1, 0.15) is 19.4 Å². The average Bonchev–Trinajstić information content (AvgIpc) is 2.38. The summed E-state index contributed by atoms with van der Waals surface area (Å²) < 4.78 is 19.1. The smallest absolute Gasteiger partial charge is 0.412 e. The fourth-order valence-electron chi connectivity index (χ4n) is 2.44. The number of fused-ring (bicyclic) bond motifs is 1. The van der Waals surface area contributed by atoms with Crippen molar-refractivity contribution in [3.8, 4) is 11.1 Å². The molecule has 0 atom stereocenters. The number of ether oxygens (including phenoxy) is 1. The number of nitrogens with one attached hydrogen (secondary N) is 1. The monoisotopic (exact) mass is 271 g/mol. The van der Waals surface area contributed by atoms with E-state index < -0.39 is 11.7 Å². The van der Waals surface area contributed by atoms with Crippen molar-refractivity contribution in [2.75, 3.05) is 5.32 Å². The SMILES string of the molecule is CC1(C)OC(=O)Nc2ccc(-c3ccccc3F)cc21.